The molecule has 1 aliphatic rings. The molecule has 0 spiro atoms. The van der Waals surface area contributed by atoms with Crippen LogP contribution in [0.5, 0.6) is 0 Å². The van der Waals surface area contributed by atoms with Crippen molar-refractivity contribution >= 4 is 50.5 Å². The van der Waals surface area contributed by atoms with Crippen molar-refractivity contribution in [2.24, 2.45) is 0 Å². The molecule has 0 atom stereocenters. The molecule has 9 heteroatoms. The number of amides is 1. The molecule has 0 bridgehead atoms. The number of carbonyl (C=O) groups excluding carboxylic acids is 1. The van der Waals surface area contributed by atoms with Crippen molar-refractivity contribution in [1.82, 2.24) is 9.21 Å². The average molecular weight is 343 g/mol. The fourth-order valence-corrected chi connectivity index (χ4v) is 5.05. The number of carbonyl (C=O) groups is 1. The minimum absolute atomic E-state index is 0.0761. The van der Waals surface area contributed by atoms with Gasteiger partial charge in [-0.15, -0.1) is 22.9 Å². The Kier molecular flexibility index (Phi) is 4.73. The number of alkyl halides is 1. The zero-order valence-electron chi connectivity index (χ0n) is 9.88. The van der Waals surface area contributed by atoms with Crippen molar-refractivity contribution in [3.8, 4) is 0 Å². The highest BCUT2D eigenvalue weighted by molar-refractivity contribution is 7.91. The van der Waals surface area contributed by atoms with Crippen LogP contribution in [0.15, 0.2) is 16.3 Å². The molecule has 0 saturated carbocycles. The van der Waals surface area contributed by atoms with Gasteiger partial charge < -0.3 is 4.90 Å². The summed E-state index contributed by atoms with van der Waals surface area (Å²) in [7, 11) is -3.50. The first-order chi connectivity index (χ1) is 8.95. The van der Waals surface area contributed by atoms with Crippen LogP contribution in [-0.2, 0) is 14.8 Å². The van der Waals surface area contributed by atoms with Crippen molar-refractivity contribution in [2.45, 2.75) is 4.21 Å². The first kappa shape index (κ1) is 15.1. The molecule has 0 aliphatic carbocycles. The normalized spacial score (nSPS) is 17.7. The van der Waals surface area contributed by atoms with E-state index < -0.39 is 10.0 Å². The van der Waals surface area contributed by atoms with Crippen LogP contribution in [0.1, 0.15) is 0 Å². The van der Waals surface area contributed by atoms with Crippen molar-refractivity contribution in [3.63, 3.8) is 0 Å². The molecule has 0 aromatic carbocycles. The van der Waals surface area contributed by atoms with Gasteiger partial charge in [0.1, 0.15) is 10.1 Å². The summed E-state index contributed by atoms with van der Waals surface area (Å²) in [6.45, 7) is 1.29. The molecule has 1 fully saturated rings. The second kappa shape index (κ2) is 5.97. The Hall–Kier alpha value is -0.340. The van der Waals surface area contributed by atoms with E-state index >= 15 is 0 Å². The van der Waals surface area contributed by atoms with Crippen LogP contribution in [-0.4, -0.2) is 55.6 Å². The third kappa shape index (κ3) is 3.22. The first-order valence-electron chi connectivity index (χ1n) is 5.54. The fourth-order valence-electron chi connectivity index (χ4n) is 1.83. The van der Waals surface area contributed by atoms with E-state index in [9.17, 15) is 13.2 Å². The minimum atomic E-state index is -3.50. The predicted octanol–water partition coefficient (Wildman–Crippen LogP) is 1.47. The van der Waals surface area contributed by atoms with E-state index in [2.05, 4.69) is 0 Å². The smallest absolute Gasteiger partial charge is 0.252 e. The van der Waals surface area contributed by atoms with Crippen LogP contribution in [0.3, 0.4) is 0 Å². The molecule has 1 aliphatic heterocycles. The second-order valence-electron chi connectivity index (χ2n) is 3.98. The lowest BCUT2D eigenvalue weighted by molar-refractivity contribution is -0.129. The maximum Gasteiger partial charge on any atom is 0.252 e. The van der Waals surface area contributed by atoms with Gasteiger partial charge in [0.2, 0.25) is 5.91 Å². The molecule has 1 aromatic heterocycles. The summed E-state index contributed by atoms with van der Waals surface area (Å²) in [5.74, 6) is -0.245. The summed E-state index contributed by atoms with van der Waals surface area (Å²) >= 11 is 12.3. The Morgan fingerprint density at radius 2 is 1.89 bits per heavy atom. The van der Waals surface area contributed by atoms with Gasteiger partial charge in [-0.05, 0) is 12.1 Å². The standard InChI is InChI=1S/C10H12Cl2N2O3S2/c11-7-9(15)13-3-5-14(6-4-13)19(16,17)10-2-1-8(12)18-10/h1-2H,3-7H2. The SMILES string of the molecule is O=C(CCl)N1CCN(S(=O)(=O)c2ccc(Cl)s2)CC1. The number of piperazine rings is 1. The summed E-state index contributed by atoms with van der Waals surface area (Å²) < 4.78 is 26.6. The first-order valence-corrected chi connectivity index (χ1v) is 8.71. The summed E-state index contributed by atoms with van der Waals surface area (Å²) in [5, 5.41) is 0. The lowest BCUT2D eigenvalue weighted by atomic mass is 10.3. The third-order valence-electron chi connectivity index (χ3n) is 2.85. The Morgan fingerprint density at radius 3 is 2.37 bits per heavy atom. The van der Waals surface area contributed by atoms with Gasteiger partial charge in [0.05, 0.1) is 4.34 Å². The maximum absolute atomic E-state index is 12.3. The van der Waals surface area contributed by atoms with E-state index in [-0.39, 0.29) is 29.1 Å². The highest BCUT2D eigenvalue weighted by Crippen LogP contribution is 2.28. The highest BCUT2D eigenvalue weighted by atomic mass is 35.5. The van der Waals surface area contributed by atoms with E-state index in [1.807, 2.05) is 0 Å². The van der Waals surface area contributed by atoms with E-state index in [0.717, 1.165) is 11.3 Å². The number of nitrogens with zero attached hydrogens (tertiary/aromatic N) is 2. The number of hydrogen-bond donors (Lipinski definition) is 0. The zero-order chi connectivity index (χ0) is 14.0. The topological polar surface area (TPSA) is 57.7 Å². The van der Waals surface area contributed by atoms with Crippen molar-refractivity contribution < 1.29 is 13.2 Å². The molecular weight excluding hydrogens is 331 g/mol. The minimum Gasteiger partial charge on any atom is -0.339 e. The van der Waals surface area contributed by atoms with Crippen LogP contribution in [0.2, 0.25) is 4.34 Å². The van der Waals surface area contributed by atoms with Gasteiger partial charge in [0.25, 0.3) is 10.0 Å². The van der Waals surface area contributed by atoms with Crippen LogP contribution in [0.4, 0.5) is 0 Å². The van der Waals surface area contributed by atoms with Gasteiger partial charge in [0, 0.05) is 26.2 Å². The Balaban J connectivity index is 2.07. The van der Waals surface area contributed by atoms with Crippen LogP contribution >= 0.6 is 34.5 Å². The van der Waals surface area contributed by atoms with Gasteiger partial charge in [-0.25, -0.2) is 8.42 Å². The maximum atomic E-state index is 12.3. The van der Waals surface area contributed by atoms with Crippen molar-refractivity contribution in [3.05, 3.63) is 16.5 Å². The number of halogens is 2. The molecular formula is C10H12Cl2N2O3S2. The Labute approximate surface area is 125 Å². The van der Waals surface area contributed by atoms with Crippen LogP contribution in [0.25, 0.3) is 0 Å². The molecule has 0 N–H and O–H groups in total. The lowest BCUT2D eigenvalue weighted by Crippen LogP contribution is -2.50. The number of thiophene rings is 1. The average Bonchev–Trinajstić information content (AvgIpc) is 2.85. The molecule has 2 rings (SSSR count). The van der Waals surface area contributed by atoms with Crippen molar-refractivity contribution in [1.29, 1.82) is 0 Å². The monoisotopic (exact) mass is 342 g/mol. The van der Waals surface area contributed by atoms with Gasteiger partial charge in [-0.1, -0.05) is 11.6 Å². The lowest BCUT2D eigenvalue weighted by Gasteiger charge is -2.33. The van der Waals surface area contributed by atoms with Crippen molar-refractivity contribution in [2.75, 3.05) is 32.1 Å². The number of sulfonamides is 1. The number of rotatable bonds is 3. The van der Waals surface area contributed by atoms with E-state index in [1.165, 1.54) is 10.4 Å². The molecule has 1 saturated heterocycles. The van der Waals surface area contributed by atoms with E-state index in [0.29, 0.717) is 17.4 Å². The Morgan fingerprint density at radius 1 is 1.26 bits per heavy atom. The van der Waals surface area contributed by atoms with Gasteiger partial charge in [0.15, 0.2) is 0 Å². The summed E-state index contributed by atoms with van der Waals surface area (Å²) in [4.78, 5) is 13.0. The van der Waals surface area contributed by atoms with E-state index in [4.69, 9.17) is 23.2 Å². The van der Waals surface area contributed by atoms with E-state index in [1.54, 1.807) is 11.0 Å². The quantitative estimate of drug-likeness (QED) is 0.781. The highest BCUT2D eigenvalue weighted by Gasteiger charge is 2.30. The predicted molar refractivity (Wildman–Crippen MR) is 75.4 cm³/mol. The molecule has 0 radical (unpaired) electrons. The molecule has 106 valence electrons. The molecule has 5 nitrogen and oxygen atoms in total. The molecule has 0 unspecified atom stereocenters. The fraction of sp³-hybridized carbons (Fsp3) is 0.500. The number of hydrogen-bond acceptors (Lipinski definition) is 4. The van der Waals surface area contributed by atoms with Gasteiger partial charge >= 0.3 is 0 Å². The zero-order valence-corrected chi connectivity index (χ0v) is 13.0. The largest absolute Gasteiger partial charge is 0.339 e. The summed E-state index contributed by atoms with van der Waals surface area (Å²) in [5.41, 5.74) is 0. The molecule has 1 amide bonds. The van der Waals surface area contributed by atoms with Crippen LogP contribution in [0, 0.1) is 0 Å². The van der Waals surface area contributed by atoms with Gasteiger partial charge in [-0.2, -0.15) is 4.31 Å². The second-order valence-corrected chi connectivity index (χ2v) is 8.12. The summed E-state index contributed by atoms with van der Waals surface area (Å²) in [6.07, 6.45) is 0. The summed E-state index contributed by atoms with van der Waals surface area (Å²) in [6, 6.07) is 3.06. The van der Waals surface area contributed by atoms with Crippen LogP contribution < -0.4 is 0 Å². The molecule has 19 heavy (non-hydrogen) atoms. The third-order valence-corrected chi connectivity index (χ3v) is 6.67. The molecule has 1 aromatic rings. The molecule has 2 heterocycles. The Bertz CT molecular complexity index is 565. The van der Waals surface area contributed by atoms with Gasteiger partial charge in [-0.3, -0.25) is 4.79 Å².